The Bertz CT molecular complexity index is 602. The van der Waals surface area contributed by atoms with Crippen LogP contribution in [0.5, 0.6) is 0 Å². The lowest BCUT2D eigenvalue weighted by Gasteiger charge is -2.35. The molecule has 1 saturated heterocycles. The number of nitrogens with two attached hydrogens (primary N) is 1. The first-order chi connectivity index (χ1) is 11.7. The van der Waals surface area contributed by atoms with Crippen molar-refractivity contribution in [3.05, 3.63) is 24.3 Å². The Morgan fingerprint density at radius 1 is 1.12 bits per heavy atom. The SMILES string of the molecule is CN(C(=O)CN1CCN(C(=O)OC(C)(C)C)CC1)c1ccc(N)cc1. The molecule has 0 saturated carbocycles. The maximum Gasteiger partial charge on any atom is 0.410 e. The third-order valence-electron chi connectivity index (χ3n) is 4.04. The highest BCUT2D eigenvalue weighted by Gasteiger charge is 2.27. The molecule has 1 fully saturated rings. The second kappa shape index (κ2) is 7.74. The molecule has 1 aliphatic rings. The van der Waals surface area contributed by atoms with Gasteiger partial charge in [-0.1, -0.05) is 0 Å². The average molecular weight is 348 g/mol. The van der Waals surface area contributed by atoms with Crippen molar-refractivity contribution in [1.29, 1.82) is 0 Å². The van der Waals surface area contributed by atoms with Crippen LogP contribution in [0.2, 0.25) is 0 Å². The molecule has 7 nitrogen and oxygen atoms in total. The summed E-state index contributed by atoms with van der Waals surface area (Å²) >= 11 is 0. The highest BCUT2D eigenvalue weighted by molar-refractivity contribution is 5.94. The highest BCUT2D eigenvalue weighted by atomic mass is 16.6. The fourth-order valence-corrected chi connectivity index (χ4v) is 2.55. The zero-order valence-corrected chi connectivity index (χ0v) is 15.5. The van der Waals surface area contributed by atoms with E-state index in [1.54, 1.807) is 29.0 Å². The van der Waals surface area contributed by atoms with Crippen LogP contribution in [0, 0.1) is 0 Å². The molecule has 0 atom stereocenters. The van der Waals surface area contributed by atoms with E-state index >= 15 is 0 Å². The Kier molecular flexibility index (Phi) is 5.89. The summed E-state index contributed by atoms with van der Waals surface area (Å²) in [7, 11) is 1.75. The number of carbonyl (C=O) groups is 2. The van der Waals surface area contributed by atoms with Gasteiger partial charge in [-0.3, -0.25) is 9.69 Å². The lowest BCUT2D eigenvalue weighted by molar-refractivity contribution is -0.119. The van der Waals surface area contributed by atoms with Crippen LogP contribution in [0.3, 0.4) is 0 Å². The molecule has 0 spiro atoms. The number of carbonyl (C=O) groups excluding carboxylic acids is 2. The van der Waals surface area contributed by atoms with Gasteiger partial charge in [0.25, 0.3) is 0 Å². The average Bonchev–Trinajstić information content (AvgIpc) is 2.54. The van der Waals surface area contributed by atoms with Gasteiger partial charge in [-0.05, 0) is 45.0 Å². The minimum Gasteiger partial charge on any atom is -0.444 e. The molecular formula is C18H28N4O3. The number of likely N-dealkylation sites (N-methyl/N-ethyl adjacent to an activating group) is 1. The molecule has 7 heteroatoms. The maximum atomic E-state index is 12.4. The molecule has 0 aliphatic carbocycles. The molecule has 1 aliphatic heterocycles. The molecule has 0 radical (unpaired) electrons. The van der Waals surface area contributed by atoms with Crippen LogP contribution in [-0.2, 0) is 9.53 Å². The molecule has 2 N–H and O–H groups in total. The third-order valence-corrected chi connectivity index (χ3v) is 4.04. The number of piperazine rings is 1. The molecule has 1 heterocycles. The van der Waals surface area contributed by atoms with E-state index in [9.17, 15) is 9.59 Å². The van der Waals surface area contributed by atoms with Crippen molar-refractivity contribution in [2.24, 2.45) is 0 Å². The molecule has 0 bridgehead atoms. The molecule has 2 amide bonds. The maximum absolute atomic E-state index is 12.4. The largest absolute Gasteiger partial charge is 0.444 e. The number of rotatable bonds is 3. The van der Waals surface area contributed by atoms with Crippen LogP contribution >= 0.6 is 0 Å². The summed E-state index contributed by atoms with van der Waals surface area (Å²) in [5.74, 6) is 0.00971. The number of anilines is 2. The van der Waals surface area contributed by atoms with Gasteiger partial charge in [0.15, 0.2) is 0 Å². The highest BCUT2D eigenvalue weighted by Crippen LogP contribution is 2.16. The molecule has 1 aromatic rings. The topological polar surface area (TPSA) is 79.1 Å². The number of hydrogen-bond acceptors (Lipinski definition) is 5. The van der Waals surface area contributed by atoms with Crippen LogP contribution in [0.1, 0.15) is 20.8 Å². The lowest BCUT2D eigenvalue weighted by Crippen LogP contribution is -2.52. The van der Waals surface area contributed by atoms with Gasteiger partial charge in [0.2, 0.25) is 5.91 Å². The van der Waals surface area contributed by atoms with Crippen LogP contribution in [0.15, 0.2) is 24.3 Å². The summed E-state index contributed by atoms with van der Waals surface area (Å²) in [5.41, 5.74) is 6.66. The first-order valence-corrected chi connectivity index (χ1v) is 8.48. The van der Waals surface area contributed by atoms with Gasteiger partial charge < -0.3 is 20.3 Å². The van der Waals surface area contributed by atoms with E-state index in [0.717, 1.165) is 5.69 Å². The van der Waals surface area contributed by atoms with Crippen LogP contribution in [0.4, 0.5) is 16.2 Å². The minimum atomic E-state index is -0.494. The van der Waals surface area contributed by atoms with Crippen molar-refractivity contribution < 1.29 is 14.3 Å². The van der Waals surface area contributed by atoms with Crippen molar-refractivity contribution in [1.82, 2.24) is 9.80 Å². The zero-order chi connectivity index (χ0) is 18.6. The van der Waals surface area contributed by atoms with Crippen molar-refractivity contribution in [2.45, 2.75) is 26.4 Å². The summed E-state index contributed by atoms with van der Waals surface area (Å²) in [6, 6.07) is 7.21. The second-order valence-corrected chi connectivity index (χ2v) is 7.29. The second-order valence-electron chi connectivity index (χ2n) is 7.29. The smallest absolute Gasteiger partial charge is 0.410 e. The van der Waals surface area contributed by atoms with Crippen LogP contribution in [0.25, 0.3) is 0 Å². The Morgan fingerprint density at radius 2 is 1.68 bits per heavy atom. The first-order valence-electron chi connectivity index (χ1n) is 8.48. The first kappa shape index (κ1) is 19.1. The van der Waals surface area contributed by atoms with Crippen molar-refractivity contribution in [3.63, 3.8) is 0 Å². The van der Waals surface area contributed by atoms with E-state index < -0.39 is 5.60 Å². The van der Waals surface area contributed by atoms with E-state index in [4.69, 9.17) is 10.5 Å². The van der Waals surface area contributed by atoms with E-state index in [1.807, 2.05) is 32.9 Å². The van der Waals surface area contributed by atoms with Gasteiger partial charge >= 0.3 is 6.09 Å². The Morgan fingerprint density at radius 3 is 2.20 bits per heavy atom. The van der Waals surface area contributed by atoms with Gasteiger partial charge in [-0.2, -0.15) is 0 Å². The molecule has 0 unspecified atom stereocenters. The Hall–Kier alpha value is -2.28. The van der Waals surface area contributed by atoms with Gasteiger partial charge in [-0.15, -0.1) is 0 Å². The summed E-state index contributed by atoms with van der Waals surface area (Å²) in [6.45, 7) is 8.32. The van der Waals surface area contributed by atoms with Gasteiger partial charge in [0.05, 0.1) is 6.54 Å². The monoisotopic (exact) mass is 348 g/mol. The van der Waals surface area contributed by atoms with E-state index in [2.05, 4.69) is 4.90 Å². The van der Waals surface area contributed by atoms with Crippen molar-refractivity contribution >= 4 is 23.4 Å². The minimum absolute atomic E-state index is 0.00971. The van der Waals surface area contributed by atoms with Crippen LogP contribution in [-0.4, -0.2) is 67.2 Å². The van der Waals surface area contributed by atoms with Crippen molar-refractivity contribution in [2.75, 3.05) is 50.4 Å². The Balaban J connectivity index is 1.82. The normalized spacial score (nSPS) is 15.8. The Labute approximate surface area is 149 Å². The quantitative estimate of drug-likeness (QED) is 0.843. The predicted octanol–water partition coefficient (Wildman–Crippen LogP) is 1.78. The van der Waals surface area contributed by atoms with E-state index in [1.165, 1.54) is 0 Å². The summed E-state index contributed by atoms with van der Waals surface area (Å²) in [5, 5.41) is 0. The third kappa shape index (κ3) is 5.63. The molecular weight excluding hydrogens is 320 g/mol. The zero-order valence-electron chi connectivity index (χ0n) is 15.5. The molecule has 0 aromatic heterocycles. The standard InChI is InChI=1S/C18H28N4O3/c1-18(2,3)25-17(24)22-11-9-21(10-12-22)13-16(23)20(4)15-7-5-14(19)6-8-15/h5-8H,9-13,19H2,1-4H3. The molecule has 2 rings (SSSR count). The van der Waals surface area contributed by atoms with Gasteiger partial charge in [-0.25, -0.2) is 4.79 Å². The number of nitrogen functional groups attached to an aromatic ring is 1. The van der Waals surface area contributed by atoms with Crippen LogP contribution < -0.4 is 10.6 Å². The predicted molar refractivity (Wildman–Crippen MR) is 98.5 cm³/mol. The summed E-state index contributed by atoms with van der Waals surface area (Å²) < 4.78 is 5.38. The fraction of sp³-hybridized carbons (Fsp3) is 0.556. The van der Waals surface area contributed by atoms with E-state index in [-0.39, 0.29) is 12.0 Å². The lowest BCUT2D eigenvalue weighted by atomic mass is 10.2. The summed E-state index contributed by atoms with van der Waals surface area (Å²) in [6.07, 6.45) is -0.294. The number of hydrogen-bond donors (Lipinski definition) is 1. The summed E-state index contributed by atoms with van der Waals surface area (Å²) in [4.78, 5) is 29.9. The van der Waals surface area contributed by atoms with E-state index in [0.29, 0.717) is 38.4 Å². The fourth-order valence-electron chi connectivity index (χ4n) is 2.55. The number of amides is 2. The number of nitrogens with zero attached hydrogens (tertiary/aromatic N) is 3. The number of benzene rings is 1. The molecule has 1 aromatic carbocycles. The van der Waals surface area contributed by atoms with Gasteiger partial charge in [0.1, 0.15) is 5.60 Å². The van der Waals surface area contributed by atoms with Gasteiger partial charge in [0, 0.05) is 44.6 Å². The molecule has 138 valence electrons. The molecule has 25 heavy (non-hydrogen) atoms. The number of ether oxygens (including phenoxy) is 1. The van der Waals surface area contributed by atoms with Crippen molar-refractivity contribution in [3.8, 4) is 0 Å².